The molecule has 0 saturated carbocycles. The molecule has 5 rings (SSSR count). The lowest BCUT2D eigenvalue weighted by molar-refractivity contribution is -0.296. The molecule has 9 nitrogen and oxygen atoms in total. The number of hydrogen-bond acceptors (Lipinski definition) is 10. The normalized spacial score (nSPS) is 18.7. The summed E-state index contributed by atoms with van der Waals surface area (Å²) in [5.74, 6) is -0.0168. The number of carbonyl (C=O) groups excluding carboxylic acids is 2. The van der Waals surface area contributed by atoms with Crippen LogP contribution in [0.5, 0.6) is 0 Å². The van der Waals surface area contributed by atoms with E-state index in [4.69, 9.17) is 14.3 Å². The summed E-state index contributed by atoms with van der Waals surface area (Å²) >= 11 is 3.00. The fourth-order valence-corrected chi connectivity index (χ4v) is 6.32. The van der Waals surface area contributed by atoms with Crippen molar-refractivity contribution in [1.82, 2.24) is 15.4 Å². The fourth-order valence-electron chi connectivity index (χ4n) is 4.20. The number of thiazole rings is 1. The van der Waals surface area contributed by atoms with Crippen LogP contribution in [0.3, 0.4) is 0 Å². The number of nitrogens with one attached hydrogen (secondary N) is 2. The molecule has 2 aliphatic rings. The number of benzene rings is 2. The summed E-state index contributed by atoms with van der Waals surface area (Å²) in [5.41, 5.74) is 2.12. The summed E-state index contributed by atoms with van der Waals surface area (Å²) < 4.78 is 11.6. The first kappa shape index (κ1) is 27.0. The molecule has 0 aliphatic carbocycles. The number of fused-ring (bicyclic) bond motifs is 1. The Morgan fingerprint density at radius 2 is 1.72 bits per heavy atom. The number of hydrogen-bond donors (Lipinski definition) is 2. The van der Waals surface area contributed by atoms with Gasteiger partial charge in [0.05, 0.1) is 4.88 Å². The number of thioether (sulfide) groups is 1. The van der Waals surface area contributed by atoms with Gasteiger partial charge in [0.15, 0.2) is 23.2 Å². The summed E-state index contributed by atoms with van der Waals surface area (Å²) in [7, 11) is 1.80. The number of anilines is 1. The van der Waals surface area contributed by atoms with Gasteiger partial charge in [0.1, 0.15) is 11.0 Å². The van der Waals surface area contributed by atoms with E-state index in [1.165, 1.54) is 16.4 Å². The van der Waals surface area contributed by atoms with Crippen molar-refractivity contribution in [1.29, 1.82) is 0 Å². The first-order valence-corrected chi connectivity index (χ1v) is 14.3. The van der Waals surface area contributed by atoms with Crippen molar-refractivity contribution in [3.8, 4) is 0 Å². The maximum absolute atomic E-state index is 14.0. The number of carbonyl (C=O) groups is 2. The Morgan fingerprint density at radius 3 is 2.28 bits per heavy atom. The smallest absolute Gasteiger partial charge is 0.409 e. The quantitative estimate of drug-likeness (QED) is 0.364. The SMILES string of the molecule is CNc1ncc(C2=C(C(=O)OC(c3ccccc3)c3ccccc3)N3OC(NC(=O)OC(C)(C)C)C3SC2)s1. The Morgan fingerprint density at radius 1 is 1.08 bits per heavy atom. The number of hydroxylamine groups is 2. The van der Waals surface area contributed by atoms with Crippen LogP contribution in [0.2, 0.25) is 0 Å². The molecule has 11 heteroatoms. The zero-order chi connectivity index (χ0) is 27.6. The Kier molecular flexibility index (Phi) is 7.83. The molecule has 1 aromatic heterocycles. The average Bonchev–Trinajstić information content (AvgIpc) is 3.39. The predicted octanol–water partition coefficient (Wildman–Crippen LogP) is 5.40. The largest absolute Gasteiger partial charge is 0.448 e. The second kappa shape index (κ2) is 11.3. The monoisotopic (exact) mass is 566 g/mol. The topological polar surface area (TPSA) is 102 Å². The Balaban J connectivity index is 1.45. The highest BCUT2D eigenvalue weighted by atomic mass is 32.2. The molecule has 39 heavy (non-hydrogen) atoms. The van der Waals surface area contributed by atoms with Crippen molar-refractivity contribution in [2.45, 2.75) is 44.1 Å². The molecule has 2 aliphatic heterocycles. The number of esters is 1. The fraction of sp³-hybridized carbons (Fsp3) is 0.321. The van der Waals surface area contributed by atoms with Gasteiger partial charge in [-0.3, -0.25) is 5.32 Å². The van der Waals surface area contributed by atoms with Crippen molar-refractivity contribution in [2.24, 2.45) is 0 Å². The van der Waals surface area contributed by atoms with Gasteiger partial charge < -0.3 is 14.8 Å². The van der Waals surface area contributed by atoms with Crippen LogP contribution in [0.25, 0.3) is 5.57 Å². The lowest BCUT2D eigenvalue weighted by atomic mass is 10.0. The van der Waals surface area contributed by atoms with E-state index in [1.54, 1.807) is 45.8 Å². The summed E-state index contributed by atoms with van der Waals surface area (Å²) in [4.78, 5) is 37.5. The second-order valence-electron chi connectivity index (χ2n) is 9.91. The third-order valence-electron chi connectivity index (χ3n) is 5.92. The van der Waals surface area contributed by atoms with Crippen LogP contribution in [0.15, 0.2) is 72.6 Å². The number of rotatable bonds is 7. The molecule has 2 atom stereocenters. The highest BCUT2D eigenvalue weighted by Gasteiger charge is 2.50. The molecule has 2 unspecified atom stereocenters. The molecular weight excluding hydrogens is 536 g/mol. The molecular formula is C28H30N4O5S2. The highest BCUT2D eigenvalue weighted by Crippen LogP contribution is 2.45. The van der Waals surface area contributed by atoms with E-state index in [-0.39, 0.29) is 5.37 Å². The van der Waals surface area contributed by atoms with E-state index in [2.05, 4.69) is 15.6 Å². The van der Waals surface area contributed by atoms with Crippen LogP contribution >= 0.6 is 23.1 Å². The molecule has 0 spiro atoms. The zero-order valence-electron chi connectivity index (χ0n) is 22.0. The van der Waals surface area contributed by atoms with E-state index in [1.807, 2.05) is 60.7 Å². The minimum absolute atomic E-state index is 0.296. The van der Waals surface area contributed by atoms with Gasteiger partial charge >= 0.3 is 12.1 Å². The second-order valence-corrected chi connectivity index (χ2v) is 12.0. The predicted molar refractivity (Wildman–Crippen MR) is 152 cm³/mol. The van der Waals surface area contributed by atoms with Gasteiger partial charge in [0.25, 0.3) is 0 Å². The third kappa shape index (κ3) is 6.05. The Hall–Kier alpha value is -3.54. The van der Waals surface area contributed by atoms with Gasteiger partial charge in [-0.1, -0.05) is 72.0 Å². The van der Waals surface area contributed by atoms with Crippen LogP contribution in [0.1, 0.15) is 42.9 Å². The van der Waals surface area contributed by atoms with Gasteiger partial charge in [0, 0.05) is 24.6 Å². The van der Waals surface area contributed by atoms with E-state index in [9.17, 15) is 9.59 Å². The number of aromatic nitrogens is 1. The lowest BCUT2D eigenvalue weighted by Crippen LogP contribution is -2.65. The van der Waals surface area contributed by atoms with Crippen molar-refractivity contribution in [2.75, 3.05) is 18.1 Å². The van der Waals surface area contributed by atoms with Crippen molar-refractivity contribution < 1.29 is 23.9 Å². The minimum atomic E-state index is -0.650. The lowest BCUT2D eigenvalue weighted by Gasteiger charge is -2.50. The van der Waals surface area contributed by atoms with Gasteiger partial charge in [-0.2, -0.15) is 0 Å². The van der Waals surface area contributed by atoms with Gasteiger partial charge in [0.2, 0.25) is 0 Å². The van der Waals surface area contributed by atoms with Crippen LogP contribution in [0.4, 0.5) is 9.93 Å². The number of alkyl carbamates (subject to hydrolysis) is 1. The Bertz CT molecular complexity index is 1320. The summed E-state index contributed by atoms with van der Waals surface area (Å²) in [5, 5.41) is 7.73. The molecule has 0 bridgehead atoms. The number of ether oxygens (including phenoxy) is 2. The van der Waals surface area contributed by atoms with Crippen molar-refractivity contribution in [3.05, 3.63) is 88.6 Å². The maximum atomic E-state index is 14.0. The van der Waals surface area contributed by atoms with Gasteiger partial charge in [-0.15, -0.1) is 11.8 Å². The first-order chi connectivity index (χ1) is 18.7. The standard InChI is InChI=1S/C28H30N4O5S2/c1-28(2,3)36-27(34)31-23-24-32(37-23)21(19(16-38-24)20-15-30-26(29-4)39-20)25(33)35-22(17-11-7-5-8-12-17)18-13-9-6-10-14-18/h5-15,22-24H,16H2,1-4H3,(H,29,30)(H,31,34). The van der Waals surface area contributed by atoms with E-state index in [0.29, 0.717) is 11.4 Å². The van der Waals surface area contributed by atoms with E-state index in [0.717, 1.165) is 26.7 Å². The molecule has 204 valence electrons. The number of nitrogens with zero attached hydrogens (tertiary/aromatic N) is 2. The molecule has 1 amide bonds. The number of amides is 1. The van der Waals surface area contributed by atoms with E-state index >= 15 is 0 Å². The van der Waals surface area contributed by atoms with Crippen molar-refractivity contribution >= 4 is 45.9 Å². The van der Waals surface area contributed by atoms with Gasteiger partial charge in [-0.25, -0.2) is 24.5 Å². The first-order valence-electron chi connectivity index (χ1n) is 12.5. The zero-order valence-corrected chi connectivity index (χ0v) is 23.7. The molecule has 2 aromatic carbocycles. The Labute approximate surface area is 235 Å². The summed E-state index contributed by atoms with van der Waals surface area (Å²) in [6, 6.07) is 19.2. The molecule has 3 heterocycles. The average molecular weight is 567 g/mol. The molecule has 0 radical (unpaired) electrons. The summed E-state index contributed by atoms with van der Waals surface area (Å²) in [6.07, 6.45) is -0.112. The van der Waals surface area contributed by atoms with Crippen molar-refractivity contribution in [3.63, 3.8) is 0 Å². The molecule has 1 fully saturated rings. The molecule has 3 aromatic rings. The van der Waals surface area contributed by atoms with E-state index < -0.39 is 30.0 Å². The molecule has 2 N–H and O–H groups in total. The highest BCUT2D eigenvalue weighted by molar-refractivity contribution is 8.00. The summed E-state index contributed by atoms with van der Waals surface area (Å²) in [6.45, 7) is 5.39. The van der Waals surface area contributed by atoms with Crippen LogP contribution in [-0.2, 0) is 19.1 Å². The minimum Gasteiger partial charge on any atom is -0.448 e. The van der Waals surface area contributed by atoms with Crippen LogP contribution < -0.4 is 10.6 Å². The maximum Gasteiger partial charge on any atom is 0.409 e. The van der Waals surface area contributed by atoms with Crippen LogP contribution in [-0.4, -0.2) is 52.1 Å². The van der Waals surface area contributed by atoms with Crippen LogP contribution in [0, 0.1) is 0 Å². The molecule has 1 saturated heterocycles. The van der Waals surface area contributed by atoms with Gasteiger partial charge in [-0.05, 0) is 31.9 Å². The third-order valence-corrected chi connectivity index (χ3v) is 8.23.